The second-order valence-electron chi connectivity index (χ2n) is 5.70. The van der Waals surface area contributed by atoms with Crippen molar-refractivity contribution in [2.45, 2.75) is 39.5 Å². The predicted octanol–water partition coefficient (Wildman–Crippen LogP) is 2.80. The number of aromatic nitrogens is 2. The standard InChI is InChI=1S/C13H22BrN3/c1-9-4-5-13(6-9,8-15)7-11-12(14)10(2)16-17(11)3/h9H,4-8,15H2,1-3H3. The Morgan fingerprint density at radius 2 is 2.29 bits per heavy atom. The fourth-order valence-electron chi connectivity index (χ4n) is 3.14. The average Bonchev–Trinajstić information content (AvgIpc) is 2.76. The molecule has 17 heavy (non-hydrogen) atoms. The van der Waals surface area contributed by atoms with Crippen molar-refractivity contribution in [1.29, 1.82) is 0 Å². The number of nitrogens with two attached hydrogens (primary N) is 1. The molecule has 1 aliphatic carbocycles. The highest BCUT2D eigenvalue weighted by molar-refractivity contribution is 9.10. The highest BCUT2D eigenvalue weighted by Crippen LogP contribution is 2.44. The van der Waals surface area contributed by atoms with E-state index in [4.69, 9.17) is 5.73 Å². The Hall–Kier alpha value is -0.350. The first-order valence-corrected chi connectivity index (χ1v) is 7.15. The molecule has 0 amide bonds. The first kappa shape index (κ1) is 13.1. The molecule has 1 saturated carbocycles. The molecular formula is C13H22BrN3. The summed E-state index contributed by atoms with van der Waals surface area (Å²) in [5.41, 5.74) is 8.70. The van der Waals surface area contributed by atoms with E-state index in [9.17, 15) is 0 Å². The molecule has 0 spiro atoms. The molecule has 0 aliphatic heterocycles. The molecule has 2 N–H and O–H groups in total. The summed E-state index contributed by atoms with van der Waals surface area (Å²) < 4.78 is 3.16. The van der Waals surface area contributed by atoms with E-state index >= 15 is 0 Å². The van der Waals surface area contributed by atoms with E-state index in [1.165, 1.54) is 25.0 Å². The van der Waals surface area contributed by atoms with Crippen LogP contribution in [0.4, 0.5) is 0 Å². The molecule has 4 heteroatoms. The van der Waals surface area contributed by atoms with Gasteiger partial charge < -0.3 is 5.73 Å². The molecule has 96 valence electrons. The van der Waals surface area contributed by atoms with E-state index in [-0.39, 0.29) is 0 Å². The largest absolute Gasteiger partial charge is 0.330 e. The van der Waals surface area contributed by atoms with Crippen LogP contribution in [0.5, 0.6) is 0 Å². The molecule has 3 nitrogen and oxygen atoms in total. The molecule has 0 saturated heterocycles. The third kappa shape index (κ3) is 2.43. The first-order valence-electron chi connectivity index (χ1n) is 6.35. The van der Waals surface area contributed by atoms with Gasteiger partial charge in [0.15, 0.2) is 0 Å². The number of nitrogens with zero attached hydrogens (tertiary/aromatic N) is 2. The molecule has 2 rings (SSSR count). The van der Waals surface area contributed by atoms with E-state index in [1.54, 1.807) is 0 Å². The maximum atomic E-state index is 6.04. The zero-order chi connectivity index (χ0) is 12.6. The summed E-state index contributed by atoms with van der Waals surface area (Å²) >= 11 is 3.65. The van der Waals surface area contributed by atoms with E-state index < -0.39 is 0 Å². The van der Waals surface area contributed by atoms with Crippen LogP contribution < -0.4 is 5.73 Å². The molecule has 1 aliphatic rings. The lowest BCUT2D eigenvalue weighted by atomic mass is 9.81. The lowest BCUT2D eigenvalue weighted by Gasteiger charge is -2.27. The Morgan fingerprint density at radius 3 is 2.71 bits per heavy atom. The minimum absolute atomic E-state index is 0.294. The fraction of sp³-hybridized carbons (Fsp3) is 0.769. The lowest BCUT2D eigenvalue weighted by Crippen LogP contribution is -2.31. The van der Waals surface area contributed by atoms with Crippen LogP contribution >= 0.6 is 15.9 Å². The Balaban J connectivity index is 2.24. The third-order valence-electron chi connectivity index (χ3n) is 4.19. The summed E-state index contributed by atoms with van der Waals surface area (Å²) in [4.78, 5) is 0. The van der Waals surface area contributed by atoms with Gasteiger partial charge in [0, 0.05) is 7.05 Å². The summed E-state index contributed by atoms with van der Waals surface area (Å²) in [7, 11) is 2.02. The summed E-state index contributed by atoms with van der Waals surface area (Å²) in [6.45, 7) is 5.16. The smallest absolute Gasteiger partial charge is 0.0738 e. The molecule has 1 heterocycles. The number of hydrogen-bond acceptors (Lipinski definition) is 2. The average molecular weight is 300 g/mol. The van der Waals surface area contributed by atoms with E-state index in [0.717, 1.165) is 29.1 Å². The third-order valence-corrected chi connectivity index (χ3v) is 5.22. The maximum absolute atomic E-state index is 6.04. The van der Waals surface area contributed by atoms with Crippen molar-refractivity contribution in [3.05, 3.63) is 15.9 Å². The summed E-state index contributed by atoms with van der Waals surface area (Å²) in [6, 6.07) is 0. The minimum Gasteiger partial charge on any atom is -0.330 e. The van der Waals surface area contributed by atoms with Crippen LogP contribution in [0.25, 0.3) is 0 Å². The number of aryl methyl sites for hydroxylation is 2. The first-order chi connectivity index (χ1) is 7.97. The fourth-order valence-corrected chi connectivity index (χ4v) is 3.62. The van der Waals surface area contributed by atoms with Crippen molar-refractivity contribution in [2.24, 2.45) is 24.1 Å². The van der Waals surface area contributed by atoms with Crippen LogP contribution in [0.15, 0.2) is 4.47 Å². The van der Waals surface area contributed by atoms with Crippen molar-refractivity contribution in [2.75, 3.05) is 6.54 Å². The van der Waals surface area contributed by atoms with Crippen LogP contribution in [0, 0.1) is 18.3 Å². The van der Waals surface area contributed by atoms with Crippen LogP contribution in [0.3, 0.4) is 0 Å². The molecule has 1 fully saturated rings. The molecule has 0 bridgehead atoms. The monoisotopic (exact) mass is 299 g/mol. The molecule has 1 aromatic rings. The van der Waals surface area contributed by atoms with Crippen molar-refractivity contribution in [1.82, 2.24) is 9.78 Å². The number of hydrogen-bond donors (Lipinski definition) is 1. The topological polar surface area (TPSA) is 43.8 Å². The molecule has 1 aromatic heterocycles. The van der Waals surface area contributed by atoms with Crippen molar-refractivity contribution in [3.8, 4) is 0 Å². The minimum atomic E-state index is 0.294. The van der Waals surface area contributed by atoms with E-state index in [0.29, 0.717) is 5.41 Å². The number of rotatable bonds is 3. The predicted molar refractivity (Wildman–Crippen MR) is 73.9 cm³/mol. The quantitative estimate of drug-likeness (QED) is 0.933. The SMILES string of the molecule is Cc1nn(C)c(CC2(CN)CCC(C)C2)c1Br. The van der Waals surface area contributed by atoms with Gasteiger partial charge in [-0.3, -0.25) is 4.68 Å². The Labute approximate surface area is 112 Å². The highest BCUT2D eigenvalue weighted by Gasteiger charge is 2.37. The van der Waals surface area contributed by atoms with Gasteiger partial charge in [0.05, 0.1) is 15.9 Å². The van der Waals surface area contributed by atoms with Crippen LogP contribution in [0.1, 0.15) is 37.6 Å². The van der Waals surface area contributed by atoms with E-state index in [1.807, 2.05) is 18.7 Å². The van der Waals surface area contributed by atoms with Crippen LogP contribution in [-0.2, 0) is 13.5 Å². The van der Waals surface area contributed by atoms with E-state index in [2.05, 4.69) is 28.0 Å². The van der Waals surface area contributed by atoms with Gasteiger partial charge in [-0.05, 0) is 60.0 Å². The van der Waals surface area contributed by atoms with Crippen molar-refractivity contribution in [3.63, 3.8) is 0 Å². The summed E-state index contributed by atoms with van der Waals surface area (Å²) in [6.07, 6.45) is 4.86. The van der Waals surface area contributed by atoms with Gasteiger partial charge in [0.1, 0.15) is 0 Å². The molecule has 0 radical (unpaired) electrons. The van der Waals surface area contributed by atoms with Gasteiger partial charge in [-0.1, -0.05) is 13.3 Å². The van der Waals surface area contributed by atoms with Gasteiger partial charge in [0.25, 0.3) is 0 Å². The molecule has 2 atom stereocenters. The van der Waals surface area contributed by atoms with Gasteiger partial charge >= 0.3 is 0 Å². The molecule has 2 unspecified atom stereocenters. The van der Waals surface area contributed by atoms with Gasteiger partial charge in [-0.15, -0.1) is 0 Å². The summed E-state index contributed by atoms with van der Waals surface area (Å²) in [5.74, 6) is 0.812. The molecular weight excluding hydrogens is 278 g/mol. The summed E-state index contributed by atoms with van der Waals surface area (Å²) in [5, 5.41) is 4.47. The van der Waals surface area contributed by atoms with Crippen LogP contribution in [0.2, 0.25) is 0 Å². The normalized spacial score (nSPS) is 28.9. The highest BCUT2D eigenvalue weighted by atomic mass is 79.9. The van der Waals surface area contributed by atoms with Gasteiger partial charge in [0.2, 0.25) is 0 Å². The Bertz CT molecular complexity index is 413. The second-order valence-corrected chi connectivity index (χ2v) is 6.49. The Morgan fingerprint density at radius 1 is 1.59 bits per heavy atom. The molecule has 0 aromatic carbocycles. The lowest BCUT2D eigenvalue weighted by molar-refractivity contribution is 0.288. The van der Waals surface area contributed by atoms with Gasteiger partial charge in [-0.25, -0.2) is 0 Å². The van der Waals surface area contributed by atoms with Crippen LogP contribution in [-0.4, -0.2) is 16.3 Å². The van der Waals surface area contributed by atoms with Gasteiger partial charge in [-0.2, -0.15) is 5.10 Å². The van der Waals surface area contributed by atoms with Crippen molar-refractivity contribution >= 4 is 15.9 Å². The second kappa shape index (κ2) is 4.73. The number of halogens is 1. The Kier molecular flexibility index (Phi) is 3.64. The van der Waals surface area contributed by atoms with Crippen molar-refractivity contribution < 1.29 is 0 Å². The maximum Gasteiger partial charge on any atom is 0.0738 e. The zero-order valence-electron chi connectivity index (χ0n) is 11.0. The zero-order valence-corrected chi connectivity index (χ0v) is 12.5.